The van der Waals surface area contributed by atoms with E-state index in [2.05, 4.69) is 38.7 Å². The topological polar surface area (TPSA) is 80.9 Å². The van der Waals surface area contributed by atoms with Crippen LogP contribution in [0.5, 0.6) is 0 Å². The summed E-state index contributed by atoms with van der Waals surface area (Å²) in [6, 6.07) is 6.22. The summed E-state index contributed by atoms with van der Waals surface area (Å²) >= 11 is 1.34. The Hall–Kier alpha value is -2.54. The highest BCUT2D eigenvalue weighted by Gasteiger charge is 2.24. The van der Waals surface area contributed by atoms with Gasteiger partial charge in [0.05, 0.1) is 0 Å². The zero-order valence-electron chi connectivity index (χ0n) is 14.1. The fourth-order valence-electron chi connectivity index (χ4n) is 2.73. The summed E-state index contributed by atoms with van der Waals surface area (Å²) in [5.74, 6) is 0.966. The zero-order chi connectivity index (χ0) is 17.4. The number of amides is 1. The lowest BCUT2D eigenvalue weighted by Gasteiger charge is -2.00. The van der Waals surface area contributed by atoms with Crippen molar-refractivity contribution in [1.82, 2.24) is 15.2 Å². The van der Waals surface area contributed by atoms with Crippen LogP contribution in [0.15, 0.2) is 28.9 Å². The lowest BCUT2D eigenvalue weighted by atomic mass is 10.1. The minimum atomic E-state index is -0.325. The molecule has 2 heterocycles. The number of oxazole rings is 1. The number of hydrogen-bond acceptors (Lipinski definition) is 6. The number of hydrogen-bond donors (Lipinski definition) is 1. The van der Waals surface area contributed by atoms with Crippen molar-refractivity contribution >= 4 is 22.4 Å². The van der Waals surface area contributed by atoms with Crippen LogP contribution in [0.1, 0.15) is 40.3 Å². The van der Waals surface area contributed by atoms with Crippen LogP contribution < -0.4 is 5.32 Å². The number of carbonyl (C=O) groups is 1. The van der Waals surface area contributed by atoms with Crippen molar-refractivity contribution in [3.8, 4) is 10.6 Å². The summed E-state index contributed by atoms with van der Waals surface area (Å²) in [4.78, 5) is 16.5. The van der Waals surface area contributed by atoms with E-state index in [1.165, 1.54) is 41.6 Å². The molecule has 1 fully saturated rings. The van der Waals surface area contributed by atoms with Crippen molar-refractivity contribution in [2.24, 2.45) is 5.92 Å². The van der Waals surface area contributed by atoms with Crippen LogP contribution in [0, 0.1) is 19.8 Å². The van der Waals surface area contributed by atoms with E-state index in [0.717, 1.165) is 17.0 Å². The maximum atomic E-state index is 12.3. The first-order valence-corrected chi connectivity index (χ1v) is 9.06. The predicted molar refractivity (Wildman–Crippen MR) is 95.7 cm³/mol. The SMILES string of the molecule is Cc1cc(C)cc(-c2nnc(NC(=O)c3coc(CC4CC4)n3)s2)c1. The molecule has 1 aromatic carbocycles. The Balaban J connectivity index is 1.46. The molecule has 0 spiro atoms. The van der Waals surface area contributed by atoms with Gasteiger partial charge in [0.2, 0.25) is 5.13 Å². The third-order valence-corrected chi connectivity index (χ3v) is 4.95. The average Bonchev–Trinajstić information content (AvgIpc) is 3.06. The summed E-state index contributed by atoms with van der Waals surface area (Å²) in [5.41, 5.74) is 3.62. The van der Waals surface area contributed by atoms with E-state index < -0.39 is 0 Å². The second-order valence-corrected chi connectivity index (χ2v) is 7.49. The molecular weight excluding hydrogens is 336 g/mol. The van der Waals surface area contributed by atoms with E-state index in [0.29, 0.717) is 16.9 Å². The molecule has 1 amide bonds. The Labute approximate surface area is 149 Å². The highest BCUT2D eigenvalue weighted by atomic mass is 32.1. The number of rotatable bonds is 5. The van der Waals surface area contributed by atoms with Crippen LogP contribution in [0.25, 0.3) is 10.6 Å². The van der Waals surface area contributed by atoms with Gasteiger partial charge in [0, 0.05) is 12.0 Å². The molecule has 3 aromatic rings. The molecule has 0 saturated heterocycles. The molecule has 25 heavy (non-hydrogen) atoms. The van der Waals surface area contributed by atoms with Gasteiger partial charge in [0.15, 0.2) is 11.6 Å². The number of aryl methyl sites for hydroxylation is 2. The van der Waals surface area contributed by atoms with E-state index >= 15 is 0 Å². The summed E-state index contributed by atoms with van der Waals surface area (Å²) in [6.07, 6.45) is 4.65. The summed E-state index contributed by atoms with van der Waals surface area (Å²) < 4.78 is 5.37. The van der Waals surface area contributed by atoms with Gasteiger partial charge >= 0.3 is 0 Å². The van der Waals surface area contributed by atoms with Gasteiger partial charge in [0.25, 0.3) is 5.91 Å². The van der Waals surface area contributed by atoms with Gasteiger partial charge in [-0.25, -0.2) is 4.98 Å². The fourth-order valence-corrected chi connectivity index (χ4v) is 3.45. The molecule has 0 aliphatic heterocycles. The number of nitrogens with zero attached hydrogens (tertiary/aromatic N) is 3. The van der Waals surface area contributed by atoms with Crippen LogP contribution in [-0.2, 0) is 6.42 Å². The molecular formula is C18H18N4O2S. The Morgan fingerprint density at radius 3 is 2.72 bits per heavy atom. The first-order chi connectivity index (χ1) is 12.1. The second kappa shape index (κ2) is 6.40. The minimum Gasteiger partial charge on any atom is -0.448 e. The van der Waals surface area contributed by atoms with Crippen LogP contribution >= 0.6 is 11.3 Å². The molecule has 1 aliphatic carbocycles. The summed E-state index contributed by atoms with van der Waals surface area (Å²) in [7, 11) is 0. The zero-order valence-corrected chi connectivity index (χ0v) is 14.9. The van der Waals surface area contributed by atoms with Crippen molar-refractivity contribution in [2.75, 3.05) is 5.32 Å². The summed E-state index contributed by atoms with van der Waals surface area (Å²) in [6.45, 7) is 4.09. The van der Waals surface area contributed by atoms with Crippen molar-refractivity contribution in [2.45, 2.75) is 33.1 Å². The molecule has 4 rings (SSSR count). The quantitative estimate of drug-likeness (QED) is 0.748. The van der Waals surface area contributed by atoms with Crippen LogP contribution in [0.4, 0.5) is 5.13 Å². The molecule has 0 atom stereocenters. The van der Waals surface area contributed by atoms with E-state index in [1.54, 1.807) is 0 Å². The molecule has 1 aliphatic rings. The maximum absolute atomic E-state index is 12.3. The molecule has 128 valence electrons. The van der Waals surface area contributed by atoms with Gasteiger partial charge in [-0.15, -0.1) is 10.2 Å². The Bertz CT molecular complexity index is 907. The van der Waals surface area contributed by atoms with E-state index in [1.807, 2.05) is 13.8 Å². The van der Waals surface area contributed by atoms with Gasteiger partial charge in [-0.2, -0.15) is 0 Å². The van der Waals surface area contributed by atoms with Crippen molar-refractivity contribution in [3.05, 3.63) is 47.2 Å². The van der Waals surface area contributed by atoms with Gasteiger partial charge < -0.3 is 4.42 Å². The van der Waals surface area contributed by atoms with Gasteiger partial charge in [-0.05, 0) is 44.7 Å². The third-order valence-electron chi connectivity index (χ3n) is 4.06. The standard InChI is InChI=1S/C18H18N4O2S/c1-10-5-11(2)7-13(6-10)17-21-22-18(25-17)20-16(23)14-9-24-15(19-14)8-12-3-4-12/h5-7,9,12H,3-4,8H2,1-2H3,(H,20,22,23). The predicted octanol–water partition coefficient (Wildman–Crippen LogP) is 4.01. The van der Waals surface area contributed by atoms with Gasteiger partial charge in [-0.1, -0.05) is 28.5 Å². The number of aromatic nitrogens is 3. The van der Waals surface area contributed by atoms with E-state index in [4.69, 9.17) is 4.42 Å². The van der Waals surface area contributed by atoms with Crippen molar-refractivity contribution < 1.29 is 9.21 Å². The summed E-state index contributed by atoms with van der Waals surface area (Å²) in [5, 5.41) is 12.2. The molecule has 2 aromatic heterocycles. The number of anilines is 1. The number of nitrogens with one attached hydrogen (secondary N) is 1. The molecule has 0 bridgehead atoms. The molecule has 6 nitrogen and oxygen atoms in total. The Morgan fingerprint density at radius 1 is 1.24 bits per heavy atom. The van der Waals surface area contributed by atoms with Crippen molar-refractivity contribution in [1.29, 1.82) is 0 Å². The fraction of sp³-hybridized carbons (Fsp3) is 0.333. The van der Waals surface area contributed by atoms with Crippen LogP contribution in [0.2, 0.25) is 0 Å². The maximum Gasteiger partial charge on any atom is 0.279 e. The first kappa shape index (κ1) is 16.0. The highest BCUT2D eigenvalue weighted by Crippen LogP contribution is 2.32. The molecule has 0 unspecified atom stereocenters. The second-order valence-electron chi connectivity index (χ2n) is 6.52. The number of benzene rings is 1. The molecule has 1 saturated carbocycles. The van der Waals surface area contributed by atoms with Crippen LogP contribution in [0.3, 0.4) is 0 Å². The van der Waals surface area contributed by atoms with Crippen LogP contribution in [-0.4, -0.2) is 21.1 Å². The van der Waals surface area contributed by atoms with Crippen molar-refractivity contribution in [3.63, 3.8) is 0 Å². The molecule has 1 N–H and O–H groups in total. The normalized spacial score (nSPS) is 13.8. The lowest BCUT2D eigenvalue weighted by molar-refractivity contribution is 0.102. The van der Waals surface area contributed by atoms with Gasteiger partial charge in [-0.3, -0.25) is 10.1 Å². The average molecular weight is 354 g/mol. The van der Waals surface area contributed by atoms with Gasteiger partial charge in [0.1, 0.15) is 11.3 Å². The molecule has 7 heteroatoms. The highest BCUT2D eigenvalue weighted by molar-refractivity contribution is 7.18. The molecule has 0 radical (unpaired) electrons. The lowest BCUT2D eigenvalue weighted by Crippen LogP contribution is -2.12. The Morgan fingerprint density at radius 2 is 2.00 bits per heavy atom. The first-order valence-electron chi connectivity index (χ1n) is 8.25. The van der Waals surface area contributed by atoms with E-state index in [-0.39, 0.29) is 11.6 Å². The third kappa shape index (κ3) is 3.76. The minimum absolute atomic E-state index is 0.277. The Kier molecular flexibility index (Phi) is 4.09. The monoisotopic (exact) mass is 354 g/mol. The smallest absolute Gasteiger partial charge is 0.279 e. The van der Waals surface area contributed by atoms with E-state index in [9.17, 15) is 4.79 Å². The largest absolute Gasteiger partial charge is 0.448 e. The number of carbonyl (C=O) groups excluding carboxylic acids is 1.